The van der Waals surface area contributed by atoms with E-state index in [1.54, 1.807) is 0 Å². The van der Waals surface area contributed by atoms with Crippen LogP contribution in [0.3, 0.4) is 0 Å². The number of fused-ring (bicyclic) bond motifs is 3. The van der Waals surface area contributed by atoms with Crippen molar-refractivity contribution >= 4 is 5.78 Å². The third-order valence-corrected chi connectivity index (χ3v) is 7.08. The molecule has 2 N–H and O–H groups in total. The number of hydrogen-bond donors (Lipinski definition) is 2. The Kier molecular flexibility index (Phi) is 11.8. The van der Waals surface area contributed by atoms with Gasteiger partial charge in [-0.3, -0.25) is 4.79 Å². The van der Waals surface area contributed by atoms with Crippen LogP contribution in [-0.2, 0) is 4.79 Å². The van der Waals surface area contributed by atoms with Gasteiger partial charge in [-0.15, -0.1) is 0 Å². The number of hydrogen-bond acceptors (Lipinski definition) is 3. The molecule has 0 saturated heterocycles. The average molecular weight is 397 g/mol. The fourth-order valence-electron chi connectivity index (χ4n) is 6.09. The SMILES string of the molecule is C.CC.CC1CC2CC(CO)=CC3C(=O)C2(CCC2C(C)C32)C1.CCC.CO. The highest BCUT2D eigenvalue weighted by atomic mass is 16.3. The minimum atomic E-state index is -0.0371. The number of rotatable bonds is 1. The van der Waals surface area contributed by atoms with Gasteiger partial charge < -0.3 is 10.2 Å². The van der Waals surface area contributed by atoms with Crippen molar-refractivity contribution in [3.05, 3.63) is 11.6 Å². The molecule has 166 valence electrons. The first-order chi connectivity index (χ1) is 13.0. The Balaban J connectivity index is 0.000000819. The molecule has 4 aliphatic rings. The summed E-state index contributed by atoms with van der Waals surface area (Å²) in [5, 5.41) is 16.7. The Bertz CT molecular complexity index is 498. The van der Waals surface area contributed by atoms with E-state index in [9.17, 15) is 9.90 Å². The van der Waals surface area contributed by atoms with E-state index in [4.69, 9.17) is 5.11 Å². The molecular weight excluding hydrogens is 348 g/mol. The second-order valence-electron chi connectivity index (χ2n) is 8.82. The Hall–Kier alpha value is -0.670. The van der Waals surface area contributed by atoms with E-state index in [0.29, 0.717) is 29.5 Å². The lowest BCUT2D eigenvalue weighted by atomic mass is 9.68. The quantitative estimate of drug-likeness (QED) is 0.543. The molecule has 0 radical (unpaired) electrons. The van der Waals surface area contributed by atoms with Crippen molar-refractivity contribution in [1.29, 1.82) is 0 Å². The second-order valence-corrected chi connectivity index (χ2v) is 8.82. The molecule has 3 nitrogen and oxygen atoms in total. The third kappa shape index (κ3) is 5.08. The summed E-state index contributed by atoms with van der Waals surface area (Å²) < 4.78 is 0. The lowest BCUT2D eigenvalue weighted by Crippen LogP contribution is -2.37. The zero-order chi connectivity index (χ0) is 20.8. The number of aliphatic hydroxyl groups is 2. The van der Waals surface area contributed by atoms with Crippen LogP contribution in [0.4, 0.5) is 0 Å². The van der Waals surface area contributed by atoms with Crippen molar-refractivity contribution < 1.29 is 15.0 Å². The van der Waals surface area contributed by atoms with E-state index < -0.39 is 0 Å². The first-order valence-corrected chi connectivity index (χ1v) is 11.3. The molecule has 4 aliphatic carbocycles. The molecule has 0 amide bonds. The molecule has 3 saturated carbocycles. The van der Waals surface area contributed by atoms with Gasteiger partial charge in [0.2, 0.25) is 0 Å². The largest absolute Gasteiger partial charge is 0.400 e. The fourth-order valence-corrected chi connectivity index (χ4v) is 6.09. The molecule has 0 aliphatic heterocycles. The van der Waals surface area contributed by atoms with E-state index >= 15 is 0 Å². The smallest absolute Gasteiger partial charge is 0.146 e. The molecule has 3 fully saturated rings. The molecule has 1 spiro atoms. The predicted molar refractivity (Wildman–Crippen MR) is 120 cm³/mol. The molecule has 3 heteroatoms. The number of ketones is 1. The van der Waals surface area contributed by atoms with E-state index in [1.165, 1.54) is 19.3 Å². The zero-order valence-electron chi connectivity index (χ0n) is 18.8. The van der Waals surface area contributed by atoms with Crippen LogP contribution >= 0.6 is 0 Å². The summed E-state index contributed by atoms with van der Waals surface area (Å²) in [7, 11) is 1.00. The summed E-state index contributed by atoms with van der Waals surface area (Å²) >= 11 is 0. The van der Waals surface area contributed by atoms with Gasteiger partial charge >= 0.3 is 0 Å². The number of aliphatic hydroxyl groups excluding tert-OH is 2. The van der Waals surface area contributed by atoms with Crippen molar-refractivity contribution in [2.24, 2.45) is 40.9 Å². The van der Waals surface area contributed by atoms with Crippen molar-refractivity contribution in [2.45, 2.75) is 87.5 Å². The number of allylic oxidation sites excluding steroid dienone is 1. The lowest BCUT2D eigenvalue weighted by molar-refractivity contribution is -0.134. The van der Waals surface area contributed by atoms with Crippen molar-refractivity contribution in [2.75, 3.05) is 13.7 Å². The highest BCUT2D eigenvalue weighted by Crippen LogP contribution is 2.65. The maximum Gasteiger partial charge on any atom is 0.146 e. The average Bonchev–Trinajstić information content (AvgIpc) is 3.26. The maximum atomic E-state index is 13.3. The van der Waals surface area contributed by atoms with Crippen LogP contribution in [0.15, 0.2) is 11.6 Å². The highest BCUT2D eigenvalue weighted by molar-refractivity contribution is 5.91. The summed E-state index contributed by atoms with van der Waals surface area (Å²) in [4.78, 5) is 13.3. The molecule has 4 rings (SSSR count). The van der Waals surface area contributed by atoms with Gasteiger partial charge in [-0.25, -0.2) is 0 Å². The molecule has 7 unspecified atom stereocenters. The van der Waals surface area contributed by atoms with Gasteiger partial charge in [0.05, 0.1) is 6.61 Å². The van der Waals surface area contributed by atoms with Crippen LogP contribution in [0.5, 0.6) is 0 Å². The molecule has 0 aromatic carbocycles. The molecule has 2 bridgehead atoms. The van der Waals surface area contributed by atoms with Crippen molar-refractivity contribution in [3.63, 3.8) is 0 Å². The first kappa shape index (κ1) is 27.3. The Morgan fingerprint density at radius 3 is 2.29 bits per heavy atom. The van der Waals surface area contributed by atoms with E-state index in [1.807, 2.05) is 13.8 Å². The lowest BCUT2D eigenvalue weighted by Gasteiger charge is -2.34. The predicted octanol–water partition coefficient (Wildman–Crippen LogP) is 5.89. The highest BCUT2D eigenvalue weighted by Gasteiger charge is 2.62. The number of carbonyl (C=O) groups excluding carboxylic acids is 1. The van der Waals surface area contributed by atoms with Crippen LogP contribution in [-0.4, -0.2) is 29.7 Å². The summed E-state index contributed by atoms with van der Waals surface area (Å²) in [5.41, 5.74) is 1.11. The standard InChI is InChI=1S/C18H26O2.C3H8.C2H6.CH4O.CH4/c1-10-5-13-6-12(9-19)7-15-16-11(2)14(16)3-4-18(13,8-10)17(15)20;1-3-2;2*1-2;/h7,10-11,13-16,19H,3-6,8-9H2,1-2H3;3H2,1-2H3;1-2H3;2H,1H3;1H4. The fraction of sp³-hybridized carbons (Fsp3) is 0.880. The van der Waals surface area contributed by atoms with E-state index in [-0.39, 0.29) is 25.4 Å². The first-order valence-electron chi connectivity index (χ1n) is 11.3. The van der Waals surface area contributed by atoms with Gasteiger partial charge in [0.25, 0.3) is 0 Å². The van der Waals surface area contributed by atoms with Crippen molar-refractivity contribution in [1.82, 2.24) is 0 Å². The molecule has 7 atom stereocenters. The van der Waals surface area contributed by atoms with Gasteiger partial charge in [-0.2, -0.15) is 0 Å². The number of Topliss-reactive ketones (excluding diaryl/α,β-unsaturated/α-hetero) is 1. The Morgan fingerprint density at radius 2 is 1.75 bits per heavy atom. The van der Waals surface area contributed by atoms with Gasteiger partial charge in [0.15, 0.2) is 0 Å². The summed E-state index contributed by atoms with van der Waals surface area (Å²) in [6, 6.07) is 0. The Labute approximate surface area is 175 Å². The van der Waals surface area contributed by atoms with Gasteiger partial charge in [-0.05, 0) is 67.3 Å². The van der Waals surface area contributed by atoms with Crippen LogP contribution in [0, 0.1) is 40.9 Å². The Morgan fingerprint density at radius 1 is 1.18 bits per heavy atom. The van der Waals surface area contributed by atoms with Crippen LogP contribution in [0.1, 0.15) is 87.5 Å². The topological polar surface area (TPSA) is 57.5 Å². The molecular formula is C25H48O3. The van der Waals surface area contributed by atoms with Crippen molar-refractivity contribution in [3.8, 4) is 0 Å². The summed E-state index contributed by atoms with van der Waals surface area (Å²) in [6.45, 7) is 13.0. The van der Waals surface area contributed by atoms with Gasteiger partial charge in [0, 0.05) is 18.4 Å². The second kappa shape index (κ2) is 12.1. The monoisotopic (exact) mass is 396 g/mol. The number of carbonyl (C=O) groups is 1. The summed E-state index contributed by atoms with van der Waals surface area (Å²) in [6.07, 6.45) is 9.07. The van der Waals surface area contributed by atoms with Crippen LogP contribution in [0.25, 0.3) is 0 Å². The maximum absolute atomic E-state index is 13.3. The van der Waals surface area contributed by atoms with E-state index in [2.05, 4.69) is 33.8 Å². The van der Waals surface area contributed by atoms with Gasteiger partial charge in [-0.1, -0.05) is 61.5 Å². The normalized spacial score (nSPS) is 39.3. The van der Waals surface area contributed by atoms with E-state index in [0.717, 1.165) is 37.9 Å². The minimum Gasteiger partial charge on any atom is -0.400 e. The zero-order valence-corrected chi connectivity index (χ0v) is 18.8. The van der Waals surface area contributed by atoms with Crippen LogP contribution in [0.2, 0.25) is 0 Å². The third-order valence-electron chi connectivity index (χ3n) is 7.08. The minimum absolute atomic E-state index is 0. The molecule has 0 heterocycles. The van der Waals surface area contributed by atoms with Gasteiger partial charge in [0.1, 0.15) is 5.78 Å². The summed E-state index contributed by atoms with van der Waals surface area (Å²) in [5.74, 6) is 3.91. The van der Waals surface area contributed by atoms with Crippen LogP contribution < -0.4 is 0 Å². The molecule has 28 heavy (non-hydrogen) atoms. The molecule has 0 aromatic rings. The molecule has 0 aromatic heterocycles.